The molecular weight excluding hydrogens is 237 g/mol. The Morgan fingerprint density at radius 1 is 1.62 bits per heavy atom. The number of aromatic nitrogens is 1. The predicted octanol–water partition coefficient (Wildman–Crippen LogP) is 1.04. The van der Waals surface area contributed by atoms with Crippen molar-refractivity contribution in [3.8, 4) is 0 Å². The molecule has 0 aliphatic carbocycles. The number of nitrogens with one attached hydrogen (secondary N) is 1. The van der Waals surface area contributed by atoms with Crippen LogP contribution >= 0.6 is 11.6 Å². The first-order valence-electron chi connectivity index (χ1n) is 4.50. The third-order valence-electron chi connectivity index (χ3n) is 2.14. The molecule has 0 bridgehead atoms. The summed E-state index contributed by atoms with van der Waals surface area (Å²) >= 11 is 5.66. The van der Waals surface area contributed by atoms with Gasteiger partial charge < -0.3 is 5.32 Å². The average Bonchev–Trinajstić information content (AvgIpc) is 2.67. The summed E-state index contributed by atoms with van der Waals surface area (Å²) in [6.07, 6.45) is 0.906. The molecular formula is C9H7ClFN3O2. The molecule has 0 radical (unpaired) electrons. The molecule has 0 atom stereocenters. The van der Waals surface area contributed by atoms with E-state index >= 15 is 0 Å². The Hall–Kier alpha value is -1.69. The molecule has 2 rings (SSSR count). The number of urea groups is 1. The minimum absolute atomic E-state index is 0.112. The standard InChI is InChI=1S/C9H7ClFN3O2/c10-7-6(3-5(11)4-13-7)8(15)14-2-1-12-9(14)16/h3-4H,1-2H2,(H,12,16). The van der Waals surface area contributed by atoms with Gasteiger partial charge in [-0.3, -0.25) is 9.69 Å². The Bertz CT molecular complexity index is 466. The Balaban J connectivity index is 2.33. The van der Waals surface area contributed by atoms with Crippen LogP contribution in [0.3, 0.4) is 0 Å². The molecule has 1 aliphatic rings. The van der Waals surface area contributed by atoms with Crippen molar-refractivity contribution in [2.45, 2.75) is 0 Å². The first-order chi connectivity index (χ1) is 7.59. The van der Waals surface area contributed by atoms with Crippen LogP contribution in [0, 0.1) is 5.82 Å². The summed E-state index contributed by atoms with van der Waals surface area (Å²) in [6, 6.07) is 0.453. The molecule has 0 aromatic carbocycles. The summed E-state index contributed by atoms with van der Waals surface area (Å²) in [5, 5.41) is 2.34. The van der Waals surface area contributed by atoms with E-state index in [-0.39, 0.29) is 17.3 Å². The van der Waals surface area contributed by atoms with Crippen LogP contribution in [0.2, 0.25) is 5.15 Å². The molecule has 1 N–H and O–H groups in total. The number of nitrogens with zero attached hydrogens (tertiary/aromatic N) is 2. The first kappa shape index (κ1) is 10.8. The normalized spacial score (nSPS) is 15.1. The topological polar surface area (TPSA) is 62.3 Å². The molecule has 1 aromatic rings. The molecule has 5 nitrogen and oxygen atoms in total. The van der Waals surface area contributed by atoms with Gasteiger partial charge in [0.1, 0.15) is 11.0 Å². The minimum Gasteiger partial charge on any atom is -0.336 e. The molecule has 0 unspecified atom stereocenters. The SMILES string of the molecule is O=C1NCCN1C(=O)c1cc(F)cnc1Cl. The van der Waals surface area contributed by atoms with Gasteiger partial charge in [-0.05, 0) is 6.07 Å². The Morgan fingerprint density at radius 3 is 3.00 bits per heavy atom. The lowest BCUT2D eigenvalue weighted by Crippen LogP contribution is -2.34. The van der Waals surface area contributed by atoms with E-state index in [1.165, 1.54) is 0 Å². The number of imide groups is 1. The summed E-state index contributed by atoms with van der Waals surface area (Å²) < 4.78 is 12.9. The molecule has 1 saturated heterocycles. The fourth-order valence-electron chi connectivity index (χ4n) is 1.38. The zero-order valence-electron chi connectivity index (χ0n) is 8.04. The maximum absolute atomic E-state index is 12.9. The molecule has 84 valence electrons. The van der Waals surface area contributed by atoms with E-state index in [1.54, 1.807) is 0 Å². The smallest absolute Gasteiger partial charge is 0.324 e. The summed E-state index contributed by atoms with van der Waals surface area (Å²) in [5.74, 6) is -1.32. The zero-order valence-corrected chi connectivity index (χ0v) is 8.79. The Kier molecular flexibility index (Phi) is 2.74. The number of pyridine rings is 1. The largest absolute Gasteiger partial charge is 0.336 e. The van der Waals surface area contributed by atoms with Gasteiger partial charge in [-0.1, -0.05) is 11.6 Å². The van der Waals surface area contributed by atoms with Crippen molar-refractivity contribution >= 4 is 23.5 Å². The zero-order chi connectivity index (χ0) is 11.7. The molecule has 1 fully saturated rings. The minimum atomic E-state index is -0.674. The molecule has 3 amide bonds. The van der Waals surface area contributed by atoms with Crippen molar-refractivity contribution in [2.24, 2.45) is 0 Å². The summed E-state index contributed by atoms with van der Waals surface area (Å²) in [7, 11) is 0. The molecule has 1 aliphatic heterocycles. The highest BCUT2D eigenvalue weighted by molar-refractivity contribution is 6.33. The van der Waals surface area contributed by atoms with Gasteiger partial charge in [0.25, 0.3) is 5.91 Å². The third kappa shape index (κ3) is 1.83. The number of carbonyl (C=O) groups is 2. The van der Waals surface area contributed by atoms with Crippen molar-refractivity contribution in [3.05, 3.63) is 28.8 Å². The van der Waals surface area contributed by atoms with Crippen LogP contribution in [-0.2, 0) is 0 Å². The second-order valence-electron chi connectivity index (χ2n) is 3.18. The fraction of sp³-hybridized carbons (Fsp3) is 0.222. The fourth-order valence-corrected chi connectivity index (χ4v) is 1.57. The second kappa shape index (κ2) is 4.05. The van der Waals surface area contributed by atoms with Gasteiger partial charge in [-0.15, -0.1) is 0 Å². The molecule has 0 spiro atoms. The van der Waals surface area contributed by atoms with Gasteiger partial charge in [0.2, 0.25) is 0 Å². The van der Waals surface area contributed by atoms with Crippen LogP contribution < -0.4 is 5.32 Å². The van der Waals surface area contributed by atoms with Crippen LogP contribution in [-0.4, -0.2) is 34.9 Å². The molecule has 0 saturated carbocycles. The monoisotopic (exact) mass is 243 g/mol. The van der Waals surface area contributed by atoms with Crippen molar-refractivity contribution < 1.29 is 14.0 Å². The third-order valence-corrected chi connectivity index (χ3v) is 2.44. The Labute approximate surface area is 95.2 Å². The number of rotatable bonds is 1. The van der Waals surface area contributed by atoms with Crippen LogP contribution in [0.25, 0.3) is 0 Å². The maximum Gasteiger partial charge on any atom is 0.324 e. The van der Waals surface area contributed by atoms with Gasteiger partial charge in [0.15, 0.2) is 0 Å². The summed E-state index contributed by atoms with van der Waals surface area (Å²) in [4.78, 5) is 27.5. The second-order valence-corrected chi connectivity index (χ2v) is 3.54. The van der Waals surface area contributed by atoms with Gasteiger partial charge in [-0.25, -0.2) is 14.2 Å². The highest BCUT2D eigenvalue weighted by Gasteiger charge is 2.28. The predicted molar refractivity (Wildman–Crippen MR) is 53.6 cm³/mol. The van der Waals surface area contributed by atoms with E-state index in [2.05, 4.69) is 10.3 Å². The van der Waals surface area contributed by atoms with Gasteiger partial charge in [0.05, 0.1) is 11.8 Å². The van der Waals surface area contributed by atoms with E-state index in [0.29, 0.717) is 6.54 Å². The number of halogens is 2. The highest BCUT2D eigenvalue weighted by atomic mass is 35.5. The van der Waals surface area contributed by atoms with Crippen molar-refractivity contribution in [3.63, 3.8) is 0 Å². The van der Waals surface area contributed by atoms with E-state index in [0.717, 1.165) is 17.2 Å². The van der Waals surface area contributed by atoms with Crippen LogP contribution in [0.4, 0.5) is 9.18 Å². The molecule has 2 heterocycles. The van der Waals surface area contributed by atoms with Gasteiger partial charge >= 0.3 is 6.03 Å². The lowest BCUT2D eigenvalue weighted by atomic mass is 10.2. The van der Waals surface area contributed by atoms with E-state index in [4.69, 9.17) is 11.6 Å². The van der Waals surface area contributed by atoms with Gasteiger partial charge in [0, 0.05) is 13.1 Å². The van der Waals surface area contributed by atoms with Crippen LogP contribution in [0.1, 0.15) is 10.4 Å². The van der Waals surface area contributed by atoms with Crippen LogP contribution in [0.15, 0.2) is 12.3 Å². The quantitative estimate of drug-likeness (QED) is 0.750. The van der Waals surface area contributed by atoms with Crippen molar-refractivity contribution in [1.29, 1.82) is 0 Å². The average molecular weight is 244 g/mol. The van der Waals surface area contributed by atoms with Crippen molar-refractivity contribution in [1.82, 2.24) is 15.2 Å². The van der Waals surface area contributed by atoms with Crippen LogP contribution in [0.5, 0.6) is 0 Å². The molecule has 1 aromatic heterocycles. The van der Waals surface area contributed by atoms with E-state index in [9.17, 15) is 14.0 Å². The lowest BCUT2D eigenvalue weighted by molar-refractivity contribution is 0.0828. The van der Waals surface area contributed by atoms with E-state index < -0.39 is 17.8 Å². The molecule has 16 heavy (non-hydrogen) atoms. The van der Waals surface area contributed by atoms with Gasteiger partial charge in [-0.2, -0.15) is 0 Å². The number of hydrogen-bond acceptors (Lipinski definition) is 3. The Morgan fingerprint density at radius 2 is 2.38 bits per heavy atom. The maximum atomic E-state index is 12.9. The summed E-state index contributed by atoms with van der Waals surface area (Å²) in [6.45, 7) is 0.620. The first-order valence-corrected chi connectivity index (χ1v) is 4.88. The molecule has 7 heteroatoms. The number of amides is 3. The highest BCUT2D eigenvalue weighted by Crippen LogP contribution is 2.17. The summed E-state index contributed by atoms with van der Waals surface area (Å²) in [5.41, 5.74) is -0.112. The van der Waals surface area contributed by atoms with Crippen molar-refractivity contribution in [2.75, 3.05) is 13.1 Å². The number of hydrogen-bond donors (Lipinski definition) is 1. The lowest BCUT2D eigenvalue weighted by Gasteiger charge is -2.12. The van der Waals surface area contributed by atoms with E-state index in [1.807, 2.05) is 0 Å². The number of carbonyl (C=O) groups excluding carboxylic acids is 2.